The van der Waals surface area contributed by atoms with Crippen LogP contribution in [0.4, 0.5) is 10.2 Å². The molecule has 140 valence electrons. The molecule has 0 spiro atoms. The smallest absolute Gasteiger partial charge is 0.256 e. The maximum absolute atomic E-state index is 13.8. The molecule has 0 saturated carbocycles. The van der Waals surface area contributed by atoms with Crippen molar-refractivity contribution in [3.8, 4) is 5.88 Å². The molecule has 4 heterocycles. The van der Waals surface area contributed by atoms with Gasteiger partial charge in [0, 0.05) is 11.8 Å². The van der Waals surface area contributed by atoms with Crippen LogP contribution in [0.5, 0.6) is 5.88 Å². The van der Waals surface area contributed by atoms with Crippen LogP contribution >= 0.6 is 0 Å². The number of ether oxygens (including phenoxy) is 1. The highest BCUT2D eigenvalue weighted by Gasteiger charge is 2.22. The number of fused-ring (bicyclic) bond motifs is 2. The first-order chi connectivity index (χ1) is 13.0. The Kier molecular flexibility index (Phi) is 4.32. The molecule has 0 unspecified atom stereocenters. The van der Waals surface area contributed by atoms with Crippen molar-refractivity contribution in [2.24, 2.45) is 0 Å². The fourth-order valence-electron chi connectivity index (χ4n) is 2.86. The predicted molar refractivity (Wildman–Crippen MR) is 93.1 cm³/mol. The van der Waals surface area contributed by atoms with Gasteiger partial charge in [0.15, 0.2) is 5.65 Å². The Labute approximate surface area is 153 Å². The molecular formula is C17H17FN6O3. The van der Waals surface area contributed by atoms with Gasteiger partial charge in [-0.15, -0.1) is 0 Å². The molecule has 2 atom stereocenters. The van der Waals surface area contributed by atoms with Gasteiger partial charge in [0.2, 0.25) is 5.88 Å². The number of aromatic nitrogens is 4. The van der Waals surface area contributed by atoms with E-state index in [0.29, 0.717) is 22.6 Å². The average molecular weight is 372 g/mol. The third-order valence-electron chi connectivity index (χ3n) is 4.20. The Morgan fingerprint density at radius 3 is 3.11 bits per heavy atom. The number of rotatable bonds is 1. The van der Waals surface area contributed by atoms with Crippen LogP contribution in [-0.4, -0.2) is 49.9 Å². The highest BCUT2D eigenvalue weighted by Crippen LogP contribution is 2.27. The zero-order valence-corrected chi connectivity index (χ0v) is 14.4. The van der Waals surface area contributed by atoms with Crippen molar-refractivity contribution >= 4 is 17.4 Å². The van der Waals surface area contributed by atoms with E-state index < -0.39 is 18.0 Å². The normalized spacial score (nSPS) is 19.9. The number of amides is 1. The summed E-state index contributed by atoms with van der Waals surface area (Å²) < 4.78 is 21.0. The Morgan fingerprint density at radius 1 is 1.44 bits per heavy atom. The number of aliphatic hydroxyl groups is 1. The number of carbonyl (C=O) groups is 1. The topological polar surface area (TPSA) is 114 Å². The maximum atomic E-state index is 13.8. The lowest BCUT2D eigenvalue weighted by atomic mass is 10.1. The van der Waals surface area contributed by atoms with Gasteiger partial charge in [-0.05, 0) is 19.1 Å². The summed E-state index contributed by atoms with van der Waals surface area (Å²) in [7, 11) is 0. The summed E-state index contributed by atoms with van der Waals surface area (Å²) >= 11 is 0. The van der Waals surface area contributed by atoms with Gasteiger partial charge in [-0.3, -0.25) is 4.79 Å². The third kappa shape index (κ3) is 3.26. The highest BCUT2D eigenvalue weighted by atomic mass is 19.1. The van der Waals surface area contributed by atoms with Crippen molar-refractivity contribution in [2.75, 3.05) is 18.5 Å². The fraction of sp³-hybridized carbons (Fsp3) is 0.294. The molecule has 10 heteroatoms. The Hall–Kier alpha value is -3.27. The lowest BCUT2D eigenvalue weighted by molar-refractivity contribution is 0.0931. The molecule has 0 fully saturated rings. The maximum Gasteiger partial charge on any atom is 0.256 e. The first-order valence-corrected chi connectivity index (χ1v) is 8.37. The number of carbonyl (C=O) groups excluding carboxylic acids is 1. The molecule has 3 aromatic rings. The molecular weight excluding hydrogens is 355 g/mol. The van der Waals surface area contributed by atoms with Gasteiger partial charge < -0.3 is 20.5 Å². The van der Waals surface area contributed by atoms with Crippen LogP contribution in [0.3, 0.4) is 0 Å². The van der Waals surface area contributed by atoms with Crippen LogP contribution in [0.1, 0.15) is 28.9 Å². The summed E-state index contributed by atoms with van der Waals surface area (Å²) in [5, 5.41) is 19.8. The van der Waals surface area contributed by atoms with Gasteiger partial charge in [0.05, 0.1) is 31.6 Å². The number of hydrogen-bond donors (Lipinski definition) is 3. The van der Waals surface area contributed by atoms with E-state index >= 15 is 0 Å². The number of pyridine rings is 1. The summed E-state index contributed by atoms with van der Waals surface area (Å²) in [6, 6.07) is 2.19. The molecule has 3 N–H and O–H groups in total. The van der Waals surface area contributed by atoms with E-state index in [1.165, 1.54) is 16.8 Å². The first-order valence-electron chi connectivity index (χ1n) is 8.37. The minimum atomic E-state index is -0.707. The predicted octanol–water partition coefficient (Wildman–Crippen LogP) is 0.920. The van der Waals surface area contributed by atoms with Crippen molar-refractivity contribution in [1.29, 1.82) is 0 Å². The molecule has 3 aromatic heterocycles. The molecule has 1 aliphatic rings. The van der Waals surface area contributed by atoms with Gasteiger partial charge in [-0.1, -0.05) is 0 Å². The van der Waals surface area contributed by atoms with Crippen molar-refractivity contribution in [1.82, 2.24) is 24.9 Å². The lowest BCUT2D eigenvalue weighted by Gasteiger charge is -2.21. The van der Waals surface area contributed by atoms with Crippen LogP contribution in [0.2, 0.25) is 0 Å². The quantitative estimate of drug-likeness (QED) is 0.582. The van der Waals surface area contributed by atoms with Crippen molar-refractivity contribution < 1.29 is 19.0 Å². The Bertz CT molecular complexity index is 1010. The van der Waals surface area contributed by atoms with E-state index in [-0.39, 0.29) is 24.9 Å². The number of hydrogen-bond acceptors (Lipinski definition) is 7. The molecule has 0 saturated heterocycles. The second-order valence-corrected chi connectivity index (χ2v) is 6.21. The fourth-order valence-corrected chi connectivity index (χ4v) is 2.86. The molecule has 0 radical (unpaired) electrons. The summed E-state index contributed by atoms with van der Waals surface area (Å²) in [4.78, 5) is 20.9. The van der Waals surface area contributed by atoms with Gasteiger partial charge >= 0.3 is 0 Å². The number of aliphatic hydroxyl groups excluding tert-OH is 1. The summed E-state index contributed by atoms with van der Waals surface area (Å²) in [5.74, 6) is -0.327. The number of anilines is 1. The van der Waals surface area contributed by atoms with E-state index in [0.717, 1.165) is 6.20 Å². The van der Waals surface area contributed by atoms with Gasteiger partial charge in [0.25, 0.3) is 5.91 Å². The molecule has 2 bridgehead atoms. The van der Waals surface area contributed by atoms with Gasteiger partial charge in [0.1, 0.15) is 23.3 Å². The van der Waals surface area contributed by atoms with Gasteiger partial charge in [-0.25, -0.2) is 18.9 Å². The molecule has 9 nitrogen and oxygen atoms in total. The van der Waals surface area contributed by atoms with E-state index in [9.17, 15) is 14.3 Å². The SMILES string of the molecule is C[C@H]1CNC(=O)c2cnn3ccc(nc23)N[C@H](CO)c2cc(F)cnc2O1. The largest absolute Gasteiger partial charge is 0.473 e. The molecule has 27 heavy (non-hydrogen) atoms. The lowest BCUT2D eigenvalue weighted by Crippen LogP contribution is -2.34. The highest BCUT2D eigenvalue weighted by molar-refractivity contribution is 5.99. The number of nitrogens with one attached hydrogen (secondary N) is 2. The van der Waals surface area contributed by atoms with E-state index in [1.54, 1.807) is 19.2 Å². The molecule has 4 rings (SSSR count). The first kappa shape index (κ1) is 17.2. The summed E-state index contributed by atoms with van der Waals surface area (Å²) in [6.45, 7) is 1.61. The number of nitrogens with zero attached hydrogens (tertiary/aromatic N) is 4. The third-order valence-corrected chi connectivity index (χ3v) is 4.20. The van der Waals surface area contributed by atoms with Crippen LogP contribution in [0, 0.1) is 5.82 Å². The van der Waals surface area contributed by atoms with E-state index in [1.807, 2.05) is 0 Å². The second kappa shape index (κ2) is 6.80. The summed E-state index contributed by atoms with van der Waals surface area (Å²) in [5.41, 5.74) is 1.03. The second-order valence-electron chi connectivity index (χ2n) is 6.21. The van der Waals surface area contributed by atoms with Crippen LogP contribution in [0.25, 0.3) is 5.65 Å². The monoisotopic (exact) mass is 372 g/mol. The zero-order valence-electron chi connectivity index (χ0n) is 14.4. The Balaban J connectivity index is 1.84. The molecule has 0 aromatic carbocycles. The van der Waals surface area contributed by atoms with E-state index in [2.05, 4.69) is 25.7 Å². The van der Waals surface area contributed by atoms with Crippen molar-refractivity contribution in [3.05, 3.63) is 47.7 Å². The van der Waals surface area contributed by atoms with E-state index in [4.69, 9.17) is 4.74 Å². The van der Waals surface area contributed by atoms with Crippen LogP contribution in [0.15, 0.2) is 30.7 Å². The minimum Gasteiger partial charge on any atom is -0.473 e. The van der Waals surface area contributed by atoms with Crippen molar-refractivity contribution in [3.63, 3.8) is 0 Å². The minimum absolute atomic E-state index is 0.174. The van der Waals surface area contributed by atoms with Crippen molar-refractivity contribution in [2.45, 2.75) is 19.1 Å². The molecule has 1 aliphatic heterocycles. The summed E-state index contributed by atoms with van der Waals surface area (Å²) in [6.07, 6.45) is 3.67. The van der Waals surface area contributed by atoms with Crippen LogP contribution in [-0.2, 0) is 0 Å². The zero-order chi connectivity index (χ0) is 19.0. The van der Waals surface area contributed by atoms with Crippen LogP contribution < -0.4 is 15.4 Å². The number of halogens is 1. The molecule has 1 amide bonds. The standard InChI is InChI=1S/C17H17FN6O3/c1-9-5-19-16(26)12-7-21-24-3-2-14(23-15(12)24)22-13(8-25)11-4-10(18)6-20-17(11)27-9/h2-4,6-7,9,13,25H,5,8H2,1H3,(H,19,26)(H,22,23)/t9-,13+/m0/s1. The molecule has 0 aliphatic carbocycles. The Morgan fingerprint density at radius 2 is 2.30 bits per heavy atom. The average Bonchev–Trinajstić information content (AvgIpc) is 3.08. The van der Waals surface area contributed by atoms with Gasteiger partial charge in [-0.2, -0.15) is 5.10 Å².